The van der Waals surface area contributed by atoms with E-state index in [1.807, 2.05) is 30.5 Å². The van der Waals surface area contributed by atoms with Gasteiger partial charge in [-0.25, -0.2) is 4.79 Å². The van der Waals surface area contributed by atoms with Crippen LogP contribution in [0.5, 0.6) is 0 Å². The molecule has 1 heterocycles. The first-order chi connectivity index (χ1) is 16.9. The molecule has 1 aliphatic carbocycles. The first kappa shape index (κ1) is 25.1. The smallest absolute Gasteiger partial charge is 0.407 e. The van der Waals surface area contributed by atoms with Gasteiger partial charge in [-0.2, -0.15) is 11.8 Å². The van der Waals surface area contributed by atoms with Crippen LogP contribution in [-0.2, 0) is 14.3 Å². The number of carbonyl (C=O) groups is 3. The number of carboxylic acid groups (broad SMARTS) is 1. The fourth-order valence-electron chi connectivity index (χ4n) is 5.26. The van der Waals surface area contributed by atoms with Crippen molar-refractivity contribution in [1.29, 1.82) is 0 Å². The van der Waals surface area contributed by atoms with Crippen molar-refractivity contribution < 1.29 is 24.2 Å². The predicted octanol–water partition coefficient (Wildman–Crippen LogP) is 4.36. The Kier molecular flexibility index (Phi) is 8.00. The summed E-state index contributed by atoms with van der Waals surface area (Å²) in [7, 11) is 0. The van der Waals surface area contributed by atoms with Gasteiger partial charge >= 0.3 is 12.1 Å². The van der Waals surface area contributed by atoms with E-state index >= 15 is 0 Å². The summed E-state index contributed by atoms with van der Waals surface area (Å²) in [4.78, 5) is 39.4. The SMILES string of the molecule is CSCC[C@H](NC(=O)OCC1c2ccccc2-c2ccccc21)C(=O)N1CCCC(C(=O)O)C1C. The molecule has 1 saturated heterocycles. The van der Waals surface area contributed by atoms with E-state index in [0.717, 1.165) is 22.3 Å². The summed E-state index contributed by atoms with van der Waals surface area (Å²) in [5.74, 6) is -1.11. The van der Waals surface area contributed by atoms with Gasteiger partial charge in [0.1, 0.15) is 12.6 Å². The number of hydrogen-bond acceptors (Lipinski definition) is 5. The van der Waals surface area contributed by atoms with Gasteiger partial charge in [0, 0.05) is 18.5 Å². The molecule has 35 heavy (non-hydrogen) atoms. The van der Waals surface area contributed by atoms with E-state index in [0.29, 0.717) is 31.6 Å². The number of hydrogen-bond donors (Lipinski definition) is 2. The molecule has 2 aromatic rings. The van der Waals surface area contributed by atoms with Crippen molar-refractivity contribution in [2.24, 2.45) is 5.92 Å². The summed E-state index contributed by atoms with van der Waals surface area (Å²) >= 11 is 1.59. The van der Waals surface area contributed by atoms with Crippen LogP contribution in [-0.4, -0.2) is 65.2 Å². The molecule has 186 valence electrons. The summed E-state index contributed by atoms with van der Waals surface area (Å²) in [5.41, 5.74) is 4.55. The lowest BCUT2D eigenvalue weighted by Gasteiger charge is -2.39. The number of alkyl carbamates (subject to hydrolysis) is 1. The third-order valence-corrected chi connectivity index (χ3v) is 7.78. The molecule has 0 radical (unpaired) electrons. The van der Waals surface area contributed by atoms with Crippen LogP contribution < -0.4 is 5.32 Å². The summed E-state index contributed by atoms with van der Waals surface area (Å²) in [5, 5.41) is 12.3. The van der Waals surface area contributed by atoms with Crippen molar-refractivity contribution in [2.45, 2.75) is 44.2 Å². The van der Waals surface area contributed by atoms with E-state index < -0.39 is 30.1 Å². The second-order valence-electron chi connectivity index (χ2n) is 9.16. The quantitative estimate of drug-likeness (QED) is 0.564. The number of carboxylic acids is 1. The molecular weight excluding hydrogens is 464 g/mol. The number of carbonyl (C=O) groups excluding carboxylic acids is 2. The van der Waals surface area contributed by atoms with E-state index in [-0.39, 0.29) is 18.4 Å². The third kappa shape index (κ3) is 5.32. The topological polar surface area (TPSA) is 95.9 Å². The van der Waals surface area contributed by atoms with E-state index in [2.05, 4.69) is 29.6 Å². The first-order valence-corrected chi connectivity index (χ1v) is 13.5. The van der Waals surface area contributed by atoms with E-state index in [1.54, 1.807) is 23.6 Å². The van der Waals surface area contributed by atoms with Crippen LogP contribution in [0.2, 0.25) is 0 Å². The zero-order chi connectivity index (χ0) is 24.9. The summed E-state index contributed by atoms with van der Waals surface area (Å²) in [6.07, 6.45) is 2.94. The van der Waals surface area contributed by atoms with E-state index in [4.69, 9.17) is 4.74 Å². The molecule has 2 N–H and O–H groups in total. The highest BCUT2D eigenvalue weighted by Crippen LogP contribution is 2.44. The first-order valence-electron chi connectivity index (χ1n) is 12.1. The largest absolute Gasteiger partial charge is 0.481 e. The molecule has 1 fully saturated rings. The maximum absolute atomic E-state index is 13.4. The molecule has 2 unspecified atom stereocenters. The number of rotatable bonds is 8. The summed E-state index contributed by atoms with van der Waals surface area (Å²) in [6, 6.07) is 15.1. The third-order valence-electron chi connectivity index (χ3n) is 7.13. The Hall–Kier alpha value is -3.00. The molecule has 7 nitrogen and oxygen atoms in total. The van der Waals surface area contributed by atoms with Crippen LogP contribution in [0.1, 0.15) is 43.2 Å². The minimum Gasteiger partial charge on any atom is -0.481 e. The Balaban J connectivity index is 1.43. The Morgan fingerprint density at radius 2 is 1.74 bits per heavy atom. The molecular formula is C27H32N2O5S. The standard InChI is InChI=1S/C27H32N2O5S/c1-17-18(26(31)32)12-7-14-29(17)25(30)24(13-15-35-2)28-27(33)34-16-23-21-10-5-3-8-19(21)20-9-4-6-11-22(20)23/h3-6,8-11,17-18,23-24H,7,12-16H2,1-2H3,(H,28,33)(H,31,32)/t17?,18?,24-/m0/s1. The lowest BCUT2D eigenvalue weighted by molar-refractivity contribution is -0.149. The van der Waals surface area contributed by atoms with E-state index in [9.17, 15) is 19.5 Å². The number of thioether (sulfide) groups is 1. The Bertz CT molecular complexity index is 1050. The van der Waals surface area contributed by atoms with Crippen molar-refractivity contribution >= 4 is 29.7 Å². The fraction of sp³-hybridized carbons (Fsp3) is 0.444. The van der Waals surface area contributed by atoms with Gasteiger partial charge in [0.15, 0.2) is 0 Å². The van der Waals surface area contributed by atoms with Crippen molar-refractivity contribution in [2.75, 3.05) is 25.2 Å². The lowest BCUT2D eigenvalue weighted by Crippen LogP contribution is -2.56. The minimum absolute atomic E-state index is 0.0630. The molecule has 1 aliphatic heterocycles. The zero-order valence-corrected chi connectivity index (χ0v) is 20.9. The average molecular weight is 497 g/mol. The highest BCUT2D eigenvalue weighted by molar-refractivity contribution is 7.98. The number of nitrogens with one attached hydrogen (secondary N) is 1. The van der Waals surface area contributed by atoms with Gasteiger partial charge in [-0.05, 0) is 60.4 Å². The van der Waals surface area contributed by atoms with Crippen molar-refractivity contribution in [3.05, 3.63) is 59.7 Å². The van der Waals surface area contributed by atoms with E-state index in [1.165, 1.54) is 0 Å². The van der Waals surface area contributed by atoms with Crippen LogP contribution in [0, 0.1) is 5.92 Å². The number of likely N-dealkylation sites (tertiary alicyclic amines) is 1. The van der Waals surface area contributed by atoms with Gasteiger partial charge in [-0.15, -0.1) is 0 Å². The Labute approximate surface area is 210 Å². The fourth-order valence-corrected chi connectivity index (χ4v) is 5.73. The number of benzene rings is 2. The maximum Gasteiger partial charge on any atom is 0.407 e. The van der Waals surface area contributed by atoms with Gasteiger partial charge in [0.25, 0.3) is 0 Å². The van der Waals surface area contributed by atoms with Crippen molar-refractivity contribution in [3.63, 3.8) is 0 Å². The number of amides is 2. The van der Waals surface area contributed by atoms with Crippen LogP contribution in [0.15, 0.2) is 48.5 Å². The molecule has 0 saturated carbocycles. The molecule has 3 atom stereocenters. The van der Waals surface area contributed by atoms with Crippen LogP contribution in [0.3, 0.4) is 0 Å². The molecule has 0 bridgehead atoms. The van der Waals surface area contributed by atoms with Crippen LogP contribution in [0.25, 0.3) is 11.1 Å². The van der Waals surface area contributed by atoms with Crippen molar-refractivity contribution in [1.82, 2.24) is 10.2 Å². The summed E-state index contributed by atoms with van der Waals surface area (Å²) in [6.45, 7) is 2.44. The molecule has 0 aromatic heterocycles. The normalized spacial score (nSPS) is 20.0. The average Bonchev–Trinajstić information content (AvgIpc) is 3.18. The highest BCUT2D eigenvalue weighted by atomic mass is 32.2. The Morgan fingerprint density at radius 1 is 1.11 bits per heavy atom. The summed E-state index contributed by atoms with van der Waals surface area (Å²) < 4.78 is 5.65. The second-order valence-corrected chi connectivity index (χ2v) is 10.1. The number of ether oxygens (including phenoxy) is 1. The van der Waals surface area contributed by atoms with Gasteiger partial charge in [-0.1, -0.05) is 48.5 Å². The predicted molar refractivity (Wildman–Crippen MR) is 137 cm³/mol. The number of piperidine rings is 1. The Morgan fingerprint density at radius 3 is 2.34 bits per heavy atom. The van der Waals surface area contributed by atoms with Crippen molar-refractivity contribution in [3.8, 4) is 11.1 Å². The molecule has 0 spiro atoms. The van der Waals surface area contributed by atoms with Gasteiger partial charge in [0.2, 0.25) is 5.91 Å². The molecule has 4 rings (SSSR count). The number of nitrogens with zero attached hydrogens (tertiary/aromatic N) is 1. The van der Waals surface area contributed by atoms with Gasteiger partial charge in [0.05, 0.1) is 5.92 Å². The molecule has 2 aliphatic rings. The monoisotopic (exact) mass is 496 g/mol. The molecule has 2 amide bonds. The maximum atomic E-state index is 13.4. The van der Waals surface area contributed by atoms with Gasteiger partial charge in [-0.3, -0.25) is 9.59 Å². The van der Waals surface area contributed by atoms with Crippen LogP contribution >= 0.6 is 11.8 Å². The number of aliphatic carboxylic acids is 1. The molecule has 8 heteroatoms. The zero-order valence-electron chi connectivity index (χ0n) is 20.1. The van der Waals surface area contributed by atoms with Crippen LogP contribution in [0.4, 0.5) is 4.79 Å². The number of fused-ring (bicyclic) bond motifs is 3. The van der Waals surface area contributed by atoms with Gasteiger partial charge < -0.3 is 20.1 Å². The lowest BCUT2D eigenvalue weighted by atomic mass is 9.89. The highest BCUT2D eigenvalue weighted by Gasteiger charge is 2.38. The molecule has 2 aromatic carbocycles. The second kappa shape index (κ2) is 11.2. The minimum atomic E-state index is -0.889.